The van der Waals surface area contributed by atoms with Crippen molar-refractivity contribution in [2.75, 3.05) is 26.4 Å². The summed E-state index contributed by atoms with van der Waals surface area (Å²) < 4.78 is 11.0. The molecular formula is C25H38N2O8. The van der Waals surface area contributed by atoms with E-state index in [-0.39, 0.29) is 47.8 Å². The van der Waals surface area contributed by atoms with Crippen LogP contribution in [0.1, 0.15) is 77.7 Å². The first-order valence-corrected chi connectivity index (χ1v) is 12.1. The van der Waals surface area contributed by atoms with Crippen molar-refractivity contribution >= 4 is 22.9 Å². The third kappa shape index (κ3) is 14.3. The van der Waals surface area contributed by atoms with E-state index >= 15 is 0 Å². The fraction of sp³-hybridized carbons (Fsp3) is 0.680. The molecule has 1 aromatic rings. The summed E-state index contributed by atoms with van der Waals surface area (Å²) in [6.45, 7) is 8.45. The highest BCUT2D eigenvalue weighted by Gasteiger charge is 2.19. The topological polar surface area (TPSA) is 139 Å². The Hall–Kier alpha value is -2.72. The third-order valence-electron chi connectivity index (χ3n) is 5.37. The molecule has 196 valence electrons. The number of nitro benzene ring substituents is 2. The first-order valence-electron chi connectivity index (χ1n) is 12.1. The molecule has 0 bridgehead atoms. The van der Waals surface area contributed by atoms with Crippen molar-refractivity contribution in [3.63, 3.8) is 0 Å². The predicted octanol–water partition coefficient (Wildman–Crippen LogP) is 5.38. The van der Waals surface area contributed by atoms with Crippen molar-refractivity contribution in [3.8, 4) is 0 Å². The van der Waals surface area contributed by atoms with Crippen LogP contribution in [0.15, 0.2) is 18.2 Å². The minimum absolute atomic E-state index is 0.0608. The fourth-order valence-electron chi connectivity index (χ4n) is 3.26. The molecule has 0 heterocycles. The van der Waals surface area contributed by atoms with Gasteiger partial charge < -0.3 is 9.47 Å². The summed E-state index contributed by atoms with van der Waals surface area (Å²) >= 11 is 0. The van der Waals surface area contributed by atoms with E-state index in [4.69, 9.17) is 9.47 Å². The van der Waals surface area contributed by atoms with Gasteiger partial charge in [-0.2, -0.15) is 0 Å². The number of ketones is 2. The van der Waals surface area contributed by atoms with E-state index in [1.165, 1.54) is 12.1 Å². The Morgan fingerprint density at radius 3 is 2.09 bits per heavy atom. The smallest absolute Gasteiger partial charge is 0.279 e. The van der Waals surface area contributed by atoms with Gasteiger partial charge in [-0.3, -0.25) is 29.8 Å². The Kier molecular flexibility index (Phi) is 13.9. The Labute approximate surface area is 206 Å². The zero-order chi connectivity index (χ0) is 26.3. The van der Waals surface area contributed by atoms with Crippen LogP contribution in [0.4, 0.5) is 11.4 Å². The number of benzene rings is 1. The molecule has 10 heteroatoms. The molecule has 35 heavy (non-hydrogen) atoms. The second-order valence-electron chi connectivity index (χ2n) is 9.78. The fourth-order valence-corrected chi connectivity index (χ4v) is 3.26. The molecule has 10 nitrogen and oxygen atoms in total. The molecule has 1 aromatic carbocycles. The van der Waals surface area contributed by atoms with Crippen LogP contribution >= 0.6 is 0 Å². The van der Waals surface area contributed by atoms with Crippen molar-refractivity contribution in [1.82, 2.24) is 0 Å². The van der Waals surface area contributed by atoms with Crippen LogP contribution in [0.3, 0.4) is 0 Å². The summed E-state index contributed by atoms with van der Waals surface area (Å²) in [5, 5.41) is 21.9. The summed E-state index contributed by atoms with van der Waals surface area (Å²) in [7, 11) is 0. The first-order chi connectivity index (χ1) is 16.5. The lowest BCUT2D eigenvalue weighted by Crippen LogP contribution is -2.11. The van der Waals surface area contributed by atoms with E-state index in [0.29, 0.717) is 57.5 Å². The van der Waals surface area contributed by atoms with E-state index in [0.717, 1.165) is 18.9 Å². The summed E-state index contributed by atoms with van der Waals surface area (Å²) in [6, 6.07) is 3.64. The molecule has 0 saturated carbocycles. The zero-order valence-electron chi connectivity index (χ0n) is 21.1. The highest BCUT2D eigenvalue weighted by molar-refractivity contribution is 5.99. The molecule has 0 spiro atoms. The SMILES string of the molecule is CC(C)(C)CCOCCCCC(=O)CC(=O)CCOCCCCc1ccc([N+](=O)[O-])cc1[N+](=O)[O-]. The third-order valence-corrected chi connectivity index (χ3v) is 5.37. The van der Waals surface area contributed by atoms with Crippen molar-refractivity contribution in [1.29, 1.82) is 0 Å². The molecule has 0 atom stereocenters. The van der Waals surface area contributed by atoms with E-state index in [1.807, 2.05) is 0 Å². The molecule has 0 saturated heterocycles. The number of ether oxygens (including phenoxy) is 2. The summed E-state index contributed by atoms with van der Waals surface area (Å²) in [4.78, 5) is 44.5. The number of Topliss-reactive ketones (excluding diaryl/α,β-unsaturated/α-hetero) is 2. The molecule has 0 aliphatic heterocycles. The maximum atomic E-state index is 11.9. The Balaban J connectivity index is 2.10. The highest BCUT2D eigenvalue weighted by atomic mass is 16.6. The van der Waals surface area contributed by atoms with Gasteiger partial charge in [0.1, 0.15) is 11.6 Å². The predicted molar refractivity (Wildman–Crippen MR) is 131 cm³/mol. The van der Waals surface area contributed by atoms with Gasteiger partial charge in [0, 0.05) is 44.3 Å². The minimum Gasteiger partial charge on any atom is -0.381 e. The van der Waals surface area contributed by atoms with Crippen LogP contribution in [-0.4, -0.2) is 47.8 Å². The van der Waals surface area contributed by atoms with Gasteiger partial charge in [-0.1, -0.05) is 20.8 Å². The average Bonchev–Trinajstić information content (AvgIpc) is 2.76. The Morgan fingerprint density at radius 2 is 1.46 bits per heavy atom. The van der Waals surface area contributed by atoms with Gasteiger partial charge in [0.05, 0.1) is 28.9 Å². The minimum atomic E-state index is -0.662. The summed E-state index contributed by atoms with van der Waals surface area (Å²) in [5.74, 6) is -0.202. The number of nitro groups is 2. The molecule has 0 unspecified atom stereocenters. The molecule has 0 fully saturated rings. The number of unbranched alkanes of at least 4 members (excludes halogenated alkanes) is 2. The quantitative estimate of drug-likeness (QED) is 0.108. The first kappa shape index (κ1) is 30.3. The molecule has 0 radical (unpaired) electrons. The molecule has 1 rings (SSSR count). The van der Waals surface area contributed by atoms with E-state index in [2.05, 4.69) is 20.8 Å². The lowest BCUT2D eigenvalue weighted by Gasteiger charge is -2.17. The highest BCUT2D eigenvalue weighted by Crippen LogP contribution is 2.26. The Morgan fingerprint density at radius 1 is 0.829 bits per heavy atom. The number of nitrogens with zero attached hydrogens (tertiary/aromatic N) is 2. The normalized spacial score (nSPS) is 11.4. The lowest BCUT2D eigenvalue weighted by molar-refractivity contribution is -0.394. The van der Waals surface area contributed by atoms with Gasteiger partial charge in [-0.15, -0.1) is 0 Å². The molecular weight excluding hydrogens is 456 g/mol. The van der Waals surface area contributed by atoms with Crippen molar-refractivity contribution in [2.24, 2.45) is 5.41 Å². The number of carbonyl (C=O) groups excluding carboxylic acids is 2. The Bertz CT molecular complexity index is 848. The maximum absolute atomic E-state index is 11.9. The molecule has 0 amide bonds. The molecule has 0 aliphatic rings. The van der Waals surface area contributed by atoms with Crippen LogP contribution in [0.25, 0.3) is 0 Å². The summed E-state index contributed by atoms with van der Waals surface area (Å²) in [6.07, 6.45) is 4.61. The maximum Gasteiger partial charge on any atom is 0.279 e. The second kappa shape index (κ2) is 16.0. The van der Waals surface area contributed by atoms with E-state index in [1.54, 1.807) is 0 Å². The monoisotopic (exact) mass is 494 g/mol. The largest absolute Gasteiger partial charge is 0.381 e. The molecule has 0 aliphatic carbocycles. The van der Waals surface area contributed by atoms with Crippen LogP contribution in [0.2, 0.25) is 0 Å². The van der Waals surface area contributed by atoms with E-state index in [9.17, 15) is 29.8 Å². The number of hydrogen-bond acceptors (Lipinski definition) is 8. The number of non-ortho nitro benzene ring substituents is 1. The van der Waals surface area contributed by atoms with Crippen LogP contribution in [0, 0.1) is 25.6 Å². The number of hydrogen-bond donors (Lipinski definition) is 0. The van der Waals surface area contributed by atoms with Gasteiger partial charge >= 0.3 is 0 Å². The number of carbonyl (C=O) groups is 2. The van der Waals surface area contributed by atoms with Crippen LogP contribution in [0.5, 0.6) is 0 Å². The number of rotatable bonds is 19. The van der Waals surface area contributed by atoms with Gasteiger partial charge in [0.15, 0.2) is 0 Å². The average molecular weight is 495 g/mol. The zero-order valence-corrected chi connectivity index (χ0v) is 21.1. The van der Waals surface area contributed by atoms with Crippen molar-refractivity contribution in [2.45, 2.75) is 78.6 Å². The molecule has 0 aromatic heterocycles. The summed E-state index contributed by atoms with van der Waals surface area (Å²) in [5.41, 5.74) is 0.111. The van der Waals surface area contributed by atoms with Crippen LogP contribution < -0.4 is 0 Å². The van der Waals surface area contributed by atoms with Crippen LogP contribution in [-0.2, 0) is 25.5 Å². The lowest BCUT2D eigenvalue weighted by atomic mass is 9.93. The van der Waals surface area contributed by atoms with Gasteiger partial charge in [-0.25, -0.2) is 0 Å². The van der Waals surface area contributed by atoms with Crippen molar-refractivity contribution in [3.05, 3.63) is 44.0 Å². The standard InChI is InChI=1S/C25H38N2O8/c1-25(2,3)13-17-35-15-7-5-9-22(28)19-23(29)12-16-34-14-6-4-8-20-10-11-21(26(30)31)18-24(20)27(32)33/h10-11,18H,4-9,12-17,19H2,1-3H3. The van der Waals surface area contributed by atoms with E-state index < -0.39 is 9.85 Å². The van der Waals surface area contributed by atoms with Gasteiger partial charge in [0.2, 0.25) is 0 Å². The second-order valence-corrected chi connectivity index (χ2v) is 9.78. The molecule has 0 N–H and O–H groups in total. The van der Waals surface area contributed by atoms with Crippen molar-refractivity contribution < 1.29 is 28.9 Å². The number of aryl methyl sites for hydroxylation is 1. The van der Waals surface area contributed by atoms with Gasteiger partial charge in [-0.05, 0) is 50.0 Å². The van der Waals surface area contributed by atoms with Gasteiger partial charge in [0.25, 0.3) is 11.4 Å².